The van der Waals surface area contributed by atoms with Crippen molar-refractivity contribution in [2.75, 3.05) is 5.32 Å². The van der Waals surface area contributed by atoms with Gasteiger partial charge in [0.05, 0.1) is 12.3 Å². The maximum absolute atomic E-state index is 8.97. The number of aliphatic hydroxyl groups excluding tert-OH is 1. The van der Waals surface area contributed by atoms with Gasteiger partial charge in [-0.15, -0.1) is 0 Å². The summed E-state index contributed by atoms with van der Waals surface area (Å²) in [5.41, 5.74) is 2.40. The van der Waals surface area contributed by atoms with E-state index in [-0.39, 0.29) is 6.61 Å². The lowest BCUT2D eigenvalue weighted by Gasteiger charge is -2.06. The molecule has 0 fully saturated rings. The van der Waals surface area contributed by atoms with Gasteiger partial charge >= 0.3 is 0 Å². The second-order valence-corrected chi connectivity index (χ2v) is 4.03. The third-order valence-electron chi connectivity index (χ3n) is 2.30. The Morgan fingerprint density at radius 3 is 2.88 bits per heavy atom. The molecule has 0 aliphatic heterocycles. The number of aromatic nitrogens is 2. The molecule has 0 aliphatic carbocycles. The minimum atomic E-state index is -0.105. The maximum atomic E-state index is 8.97. The van der Waals surface area contributed by atoms with Crippen molar-refractivity contribution in [1.82, 2.24) is 9.97 Å². The Bertz CT molecular complexity index is 531. The van der Waals surface area contributed by atoms with Crippen molar-refractivity contribution < 1.29 is 5.11 Å². The number of anilines is 2. The predicted molar refractivity (Wildman–Crippen MR) is 67.4 cm³/mol. The standard InChI is InChI=1S/C12H12ClN3O/c1-8-2-3-9(6-11(8)13)15-12-14-5-4-10(7-17)16-12/h2-6,17H,7H2,1H3,(H,14,15,16). The van der Waals surface area contributed by atoms with Gasteiger partial charge in [0.15, 0.2) is 0 Å². The highest BCUT2D eigenvalue weighted by Crippen LogP contribution is 2.21. The van der Waals surface area contributed by atoms with Gasteiger partial charge in [0.1, 0.15) is 0 Å². The largest absolute Gasteiger partial charge is 0.390 e. The summed E-state index contributed by atoms with van der Waals surface area (Å²) in [5, 5.41) is 12.7. The fraction of sp³-hybridized carbons (Fsp3) is 0.167. The van der Waals surface area contributed by atoms with Crippen LogP contribution in [0.3, 0.4) is 0 Å². The topological polar surface area (TPSA) is 58.0 Å². The number of hydrogen-bond donors (Lipinski definition) is 2. The van der Waals surface area contributed by atoms with Crippen LogP contribution in [0.15, 0.2) is 30.5 Å². The van der Waals surface area contributed by atoms with Crippen molar-refractivity contribution in [1.29, 1.82) is 0 Å². The number of rotatable bonds is 3. The molecule has 0 unspecified atom stereocenters. The number of nitrogens with one attached hydrogen (secondary N) is 1. The lowest BCUT2D eigenvalue weighted by Crippen LogP contribution is -1.99. The van der Waals surface area contributed by atoms with E-state index in [1.165, 1.54) is 0 Å². The Morgan fingerprint density at radius 2 is 2.18 bits per heavy atom. The van der Waals surface area contributed by atoms with Crippen molar-refractivity contribution in [3.8, 4) is 0 Å². The molecule has 1 aromatic carbocycles. The molecular formula is C12H12ClN3O. The van der Waals surface area contributed by atoms with E-state index in [4.69, 9.17) is 16.7 Å². The van der Waals surface area contributed by atoms with Crippen molar-refractivity contribution in [3.05, 3.63) is 46.7 Å². The van der Waals surface area contributed by atoms with E-state index in [0.717, 1.165) is 11.3 Å². The second kappa shape index (κ2) is 5.12. The minimum Gasteiger partial charge on any atom is -0.390 e. The smallest absolute Gasteiger partial charge is 0.227 e. The summed E-state index contributed by atoms with van der Waals surface area (Å²) in [5.74, 6) is 0.441. The van der Waals surface area contributed by atoms with E-state index in [1.54, 1.807) is 12.3 Å². The Kier molecular flexibility index (Phi) is 3.56. The maximum Gasteiger partial charge on any atom is 0.227 e. The second-order valence-electron chi connectivity index (χ2n) is 3.62. The van der Waals surface area contributed by atoms with E-state index in [2.05, 4.69) is 15.3 Å². The highest BCUT2D eigenvalue weighted by molar-refractivity contribution is 6.31. The molecule has 0 bridgehead atoms. The first-order valence-corrected chi connectivity index (χ1v) is 5.53. The average molecular weight is 250 g/mol. The number of aryl methyl sites for hydroxylation is 1. The van der Waals surface area contributed by atoms with Gasteiger partial charge in [-0.1, -0.05) is 17.7 Å². The van der Waals surface area contributed by atoms with E-state index in [9.17, 15) is 0 Å². The number of nitrogens with zero attached hydrogens (tertiary/aromatic N) is 2. The quantitative estimate of drug-likeness (QED) is 0.878. The molecule has 88 valence electrons. The lowest BCUT2D eigenvalue weighted by molar-refractivity contribution is 0.277. The van der Waals surface area contributed by atoms with Crippen LogP contribution in [-0.2, 0) is 6.61 Å². The van der Waals surface area contributed by atoms with E-state index in [1.807, 2.05) is 25.1 Å². The third kappa shape index (κ3) is 2.93. The summed E-state index contributed by atoms with van der Waals surface area (Å²) in [4.78, 5) is 8.18. The van der Waals surface area contributed by atoms with Gasteiger partial charge in [-0.2, -0.15) is 0 Å². The first-order chi connectivity index (χ1) is 8.19. The zero-order chi connectivity index (χ0) is 12.3. The molecule has 0 atom stereocenters. The number of hydrogen-bond acceptors (Lipinski definition) is 4. The summed E-state index contributed by atoms with van der Waals surface area (Å²) >= 11 is 6.02. The predicted octanol–water partition coefficient (Wildman–Crippen LogP) is 2.67. The summed E-state index contributed by atoms with van der Waals surface area (Å²) in [6.07, 6.45) is 1.59. The number of halogens is 1. The molecule has 1 heterocycles. The van der Waals surface area contributed by atoms with Crippen LogP contribution in [0.1, 0.15) is 11.3 Å². The van der Waals surface area contributed by atoms with Crippen LogP contribution in [0, 0.1) is 6.92 Å². The summed E-state index contributed by atoms with van der Waals surface area (Å²) in [6.45, 7) is 1.83. The molecule has 0 aliphatic rings. The molecule has 0 amide bonds. The SMILES string of the molecule is Cc1ccc(Nc2nccc(CO)n2)cc1Cl. The van der Waals surface area contributed by atoms with Crippen LogP contribution >= 0.6 is 11.6 Å². The molecule has 2 N–H and O–H groups in total. The Morgan fingerprint density at radius 1 is 1.35 bits per heavy atom. The first kappa shape index (κ1) is 11.8. The minimum absolute atomic E-state index is 0.105. The van der Waals surface area contributed by atoms with Crippen LogP contribution in [-0.4, -0.2) is 15.1 Å². The molecule has 0 spiro atoms. The van der Waals surface area contributed by atoms with Gasteiger partial charge in [0, 0.05) is 16.9 Å². The van der Waals surface area contributed by atoms with E-state index < -0.39 is 0 Å². The molecule has 0 saturated heterocycles. The summed E-state index contributed by atoms with van der Waals surface area (Å²) in [7, 11) is 0. The van der Waals surface area contributed by atoms with Gasteiger partial charge in [-0.25, -0.2) is 9.97 Å². The van der Waals surface area contributed by atoms with Crippen LogP contribution in [0.25, 0.3) is 0 Å². The Hall–Kier alpha value is -1.65. The molecule has 2 rings (SSSR count). The molecule has 0 radical (unpaired) electrons. The summed E-state index contributed by atoms with van der Waals surface area (Å²) in [6, 6.07) is 7.29. The van der Waals surface area contributed by atoms with Crippen LogP contribution in [0.4, 0.5) is 11.6 Å². The van der Waals surface area contributed by atoms with Crippen LogP contribution < -0.4 is 5.32 Å². The van der Waals surface area contributed by atoms with Crippen molar-refractivity contribution in [3.63, 3.8) is 0 Å². The third-order valence-corrected chi connectivity index (χ3v) is 2.71. The van der Waals surface area contributed by atoms with Crippen molar-refractivity contribution in [2.45, 2.75) is 13.5 Å². The van der Waals surface area contributed by atoms with Crippen LogP contribution in [0.5, 0.6) is 0 Å². The van der Waals surface area contributed by atoms with Crippen LogP contribution in [0.2, 0.25) is 5.02 Å². The lowest BCUT2D eigenvalue weighted by atomic mass is 10.2. The molecule has 17 heavy (non-hydrogen) atoms. The van der Waals surface area contributed by atoms with Crippen molar-refractivity contribution in [2.24, 2.45) is 0 Å². The molecule has 2 aromatic rings. The Balaban J connectivity index is 2.22. The van der Waals surface area contributed by atoms with E-state index >= 15 is 0 Å². The fourth-order valence-electron chi connectivity index (χ4n) is 1.34. The Labute approximate surface area is 104 Å². The molecular weight excluding hydrogens is 238 g/mol. The highest BCUT2D eigenvalue weighted by Gasteiger charge is 2.01. The normalized spacial score (nSPS) is 10.3. The molecule has 4 nitrogen and oxygen atoms in total. The van der Waals surface area contributed by atoms with E-state index in [0.29, 0.717) is 16.7 Å². The number of aliphatic hydroxyl groups is 1. The monoisotopic (exact) mass is 249 g/mol. The zero-order valence-corrected chi connectivity index (χ0v) is 10.1. The highest BCUT2D eigenvalue weighted by atomic mass is 35.5. The van der Waals surface area contributed by atoms with Gasteiger partial charge < -0.3 is 10.4 Å². The number of benzene rings is 1. The van der Waals surface area contributed by atoms with Gasteiger partial charge in [-0.3, -0.25) is 0 Å². The molecule has 1 aromatic heterocycles. The summed E-state index contributed by atoms with van der Waals surface area (Å²) < 4.78 is 0. The molecule has 0 saturated carbocycles. The van der Waals surface area contributed by atoms with Gasteiger partial charge in [0.2, 0.25) is 5.95 Å². The zero-order valence-electron chi connectivity index (χ0n) is 9.31. The fourth-order valence-corrected chi connectivity index (χ4v) is 1.52. The van der Waals surface area contributed by atoms with Gasteiger partial charge in [0.25, 0.3) is 0 Å². The first-order valence-electron chi connectivity index (χ1n) is 5.15. The molecule has 5 heteroatoms. The average Bonchev–Trinajstić information content (AvgIpc) is 2.34. The van der Waals surface area contributed by atoms with Gasteiger partial charge in [-0.05, 0) is 30.7 Å². The van der Waals surface area contributed by atoms with Crippen molar-refractivity contribution >= 4 is 23.2 Å².